The predicted octanol–water partition coefficient (Wildman–Crippen LogP) is 0.352. The first kappa shape index (κ1) is 13.0. The van der Waals surface area contributed by atoms with Gasteiger partial charge in [-0.2, -0.15) is 0 Å². The second kappa shape index (κ2) is 5.95. The molecule has 0 atom stereocenters. The lowest BCUT2D eigenvalue weighted by Gasteiger charge is -2.20. The number of hydrogen-bond acceptors (Lipinski definition) is 4. The molecule has 1 aromatic rings. The zero-order valence-electron chi connectivity index (χ0n) is 11.2. The summed E-state index contributed by atoms with van der Waals surface area (Å²) in [4.78, 5) is 15.9. The first-order chi connectivity index (χ1) is 8.70. The van der Waals surface area contributed by atoms with Crippen LogP contribution in [0.1, 0.15) is 25.6 Å². The van der Waals surface area contributed by atoms with Gasteiger partial charge in [0.1, 0.15) is 12.2 Å². The standard InChI is InChI=1S/C12H21N5O/c1-3-16-10-13-14-11(16)8-15(2)9-12(18)17-6-4-5-7-17/h10H,3-9H2,1-2H3. The van der Waals surface area contributed by atoms with Gasteiger partial charge in [0.25, 0.3) is 0 Å². The Kier molecular flexibility index (Phi) is 4.30. The highest BCUT2D eigenvalue weighted by atomic mass is 16.2. The lowest BCUT2D eigenvalue weighted by molar-refractivity contribution is -0.131. The Morgan fingerprint density at radius 3 is 2.83 bits per heavy atom. The van der Waals surface area contributed by atoms with Crippen LogP contribution in [0, 0.1) is 0 Å². The van der Waals surface area contributed by atoms with Crippen LogP contribution in [0.5, 0.6) is 0 Å². The van der Waals surface area contributed by atoms with Gasteiger partial charge in [0.05, 0.1) is 13.1 Å². The lowest BCUT2D eigenvalue weighted by Crippen LogP contribution is -2.37. The molecule has 0 radical (unpaired) electrons. The van der Waals surface area contributed by atoms with Crippen LogP contribution in [0.3, 0.4) is 0 Å². The quantitative estimate of drug-likeness (QED) is 0.758. The molecule has 0 aromatic carbocycles. The van der Waals surface area contributed by atoms with Crippen molar-refractivity contribution in [3.63, 3.8) is 0 Å². The van der Waals surface area contributed by atoms with Crippen LogP contribution in [-0.4, -0.2) is 57.2 Å². The summed E-state index contributed by atoms with van der Waals surface area (Å²) in [7, 11) is 1.95. The maximum absolute atomic E-state index is 12.0. The molecule has 2 heterocycles. The second-order valence-electron chi connectivity index (χ2n) is 4.79. The first-order valence-electron chi connectivity index (χ1n) is 6.53. The van der Waals surface area contributed by atoms with Crippen LogP contribution >= 0.6 is 0 Å². The topological polar surface area (TPSA) is 54.3 Å². The SMILES string of the molecule is CCn1cnnc1CN(C)CC(=O)N1CCCC1. The molecule has 1 aromatic heterocycles. The number of carbonyl (C=O) groups is 1. The van der Waals surface area contributed by atoms with E-state index in [0.717, 1.165) is 38.3 Å². The molecule has 100 valence electrons. The minimum absolute atomic E-state index is 0.220. The van der Waals surface area contributed by atoms with Gasteiger partial charge in [-0.1, -0.05) is 0 Å². The summed E-state index contributed by atoms with van der Waals surface area (Å²) in [5, 5.41) is 7.97. The normalized spacial score (nSPS) is 15.6. The molecule has 1 saturated heterocycles. The van der Waals surface area contributed by atoms with Gasteiger partial charge < -0.3 is 9.47 Å². The average molecular weight is 251 g/mol. The van der Waals surface area contributed by atoms with E-state index in [1.165, 1.54) is 0 Å². The van der Waals surface area contributed by atoms with E-state index in [9.17, 15) is 4.79 Å². The monoisotopic (exact) mass is 251 g/mol. The molecule has 0 unspecified atom stereocenters. The number of rotatable bonds is 5. The van der Waals surface area contributed by atoms with Crippen molar-refractivity contribution in [1.29, 1.82) is 0 Å². The van der Waals surface area contributed by atoms with Gasteiger partial charge in [0.2, 0.25) is 5.91 Å². The molecule has 1 amide bonds. The van der Waals surface area contributed by atoms with Crippen molar-refractivity contribution >= 4 is 5.91 Å². The highest BCUT2D eigenvalue weighted by Crippen LogP contribution is 2.08. The van der Waals surface area contributed by atoms with Crippen LogP contribution in [0.2, 0.25) is 0 Å². The molecular formula is C12H21N5O. The Labute approximate surface area is 108 Å². The number of hydrogen-bond donors (Lipinski definition) is 0. The predicted molar refractivity (Wildman–Crippen MR) is 67.8 cm³/mol. The Hall–Kier alpha value is -1.43. The minimum atomic E-state index is 0.220. The molecule has 6 heteroatoms. The van der Waals surface area contributed by atoms with E-state index in [0.29, 0.717) is 13.1 Å². The van der Waals surface area contributed by atoms with Gasteiger partial charge >= 0.3 is 0 Å². The van der Waals surface area contributed by atoms with E-state index < -0.39 is 0 Å². The molecule has 0 saturated carbocycles. The van der Waals surface area contributed by atoms with E-state index in [1.54, 1.807) is 6.33 Å². The van der Waals surface area contributed by atoms with E-state index in [4.69, 9.17) is 0 Å². The fraction of sp³-hybridized carbons (Fsp3) is 0.750. The van der Waals surface area contributed by atoms with Gasteiger partial charge in [-0.05, 0) is 26.8 Å². The summed E-state index contributed by atoms with van der Waals surface area (Å²) < 4.78 is 2.00. The van der Waals surface area contributed by atoms with E-state index in [2.05, 4.69) is 17.1 Å². The summed E-state index contributed by atoms with van der Waals surface area (Å²) in [5.41, 5.74) is 0. The summed E-state index contributed by atoms with van der Waals surface area (Å²) in [6, 6.07) is 0. The van der Waals surface area contributed by atoms with Crippen molar-refractivity contribution in [2.75, 3.05) is 26.7 Å². The summed E-state index contributed by atoms with van der Waals surface area (Å²) in [6.07, 6.45) is 4.00. The van der Waals surface area contributed by atoms with Crippen molar-refractivity contribution in [3.05, 3.63) is 12.2 Å². The number of aryl methyl sites for hydroxylation is 1. The average Bonchev–Trinajstić information content (AvgIpc) is 2.98. The zero-order valence-corrected chi connectivity index (χ0v) is 11.2. The molecule has 0 aliphatic carbocycles. The molecule has 18 heavy (non-hydrogen) atoms. The molecule has 0 N–H and O–H groups in total. The maximum atomic E-state index is 12.0. The van der Waals surface area contributed by atoms with Crippen molar-refractivity contribution in [2.24, 2.45) is 0 Å². The van der Waals surface area contributed by atoms with Crippen molar-refractivity contribution in [1.82, 2.24) is 24.6 Å². The number of likely N-dealkylation sites (tertiary alicyclic amines) is 1. The van der Waals surface area contributed by atoms with E-state index in [-0.39, 0.29) is 5.91 Å². The highest BCUT2D eigenvalue weighted by molar-refractivity contribution is 5.78. The summed E-state index contributed by atoms with van der Waals surface area (Å²) in [6.45, 7) is 5.86. The Morgan fingerprint density at radius 2 is 2.17 bits per heavy atom. The highest BCUT2D eigenvalue weighted by Gasteiger charge is 2.19. The van der Waals surface area contributed by atoms with Crippen LogP contribution in [0.4, 0.5) is 0 Å². The minimum Gasteiger partial charge on any atom is -0.342 e. The second-order valence-corrected chi connectivity index (χ2v) is 4.79. The van der Waals surface area contributed by atoms with Crippen LogP contribution in [0.15, 0.2) is 6.33 Å². The molecule has 6 nitrogen and oxygen atoms in total. The lowest BCUT2D eigenvalue weighted by atomic mass is 10.4. The van der Waals surface area contributed by atoms with Crippen molar-refractivity contribution < 1.29 is 4.79 Å². The third kappa shape index (κ3) is 3.07. The molecule has 1 fully saturated rings. The fourth-order valence-corrected chi connectivity index (χ4v) is 2.26. The van der Waals surface area contributed by atoms with Crippen LogP contribution < -0.4 is 0 Å². The number of carbonyl (C=O) groups excluding carboxylic acids is 1. The van der Waals surface area contributed by atoms with Gasteiger partial charge in [-0.3, -0.25) is 9.69 Å². The number of amides is 1. The number of aromatic nitrogens is 3. The Bertz CT molecular complexity index is 397. The fourth-order valence-electron chi connectivity index (χ4n) is 2.26. The molecule has 2 rings (SSSR count). The Balaban J connectivity index is 1.84. The molecule has 1 aliphatic rings. The molecule has 0 spiro atoms. The van der Waals surface area contributed by atoms with Gasteiger partial charge in [-0.25, -0.2) is 0 Å². The van der Waals surface area contributed by atoms with Crippen molar-refractivity contribution in [3.8, 4) is 0 Å². The number of likely N-dealkylation sites (N-methyl/N-ethyl adjacent to an activating group) is 1. The smallest absolute Gasteiger partial charge is 0.236 e. The third-order valence-electron chi connectivity index (χ3n) is 3.31. The first-order valence-corrected chi connectivity index (χ1v) is 6.53. The van der Waals surface area contributed by atoms with Gasteiger partial charge in [-0.15, -0.1) is 10.2 Å². The van der Waals surface area contributed by atoms with E-state index >= 15 is 0 Å². The molecule has 0 bridgehead atoms. The van der Waals surface area contributed by atoms with Crippen LogP contribution in [-0.2, 0) is 17.9 Å². The van der Waals surface area contributed by atoms with Crippen molar-refractivity contribution in [2.45, 2.75) is 32.9 Å². The van der Waals surface area contributed by atoms with Gasteiger partial charge in [0.15, 0.2) is 0 Å². The van der Waals surface area contributed by atoms with E-state index in [1.807, 2.05) is 21.4 Å². The molecular weight excluding hydrogens is 230 g/mol. The summed E-state index contributed by atoms with van der Waals surface area (Å²) in [5.74, 6) is 1.13. The number of nitrogens with zero attached hydrogens (tertiary/aromatic N) is 5. The summed E-state index contributed by atoms with van der Waals surface area (Å²) >= 11 is 0. The maximum Gasteiger partial charge on any atom is 0.236 e. The third-order valence-corrected chi connectivity index (χ3v) is 3.31. The Morgan fingerprint density at radius 1 is 1.44 bits per heavy atom. The molecule has 1 aliphatic heterocycles. The largest absolute Gasteiger partial charge is 0.342 e. The zero-order chi connectivity index (χ0) is 13.0. The van der Waals surface area contributed by atoms with Gasteiger partial charge in [0, 0.05) is 19.6 Å². The van der Waals surface area contributed by atoms with Crippen LogP contribution in [0.25, 0.3) is 0 Å².